The second kappa shape index (κ2) is 6.27. The van der Waals surface area contributed by atoms with Crippen LogP contribution in [0, 0.1) is 22.7 Å². The van der Waals surface area contributed by atoms with Crippen LogP contribution >= 0.6 is 0 Å². The topological polar surface area (TPSA) is 82.8 Å². The Kier molecular flexibility index (Phi) is 4.23. The van der Waals surface area contributed by atoms with Crippen molar-refractivity contribution in [3.63, 3.8) is 0 Å². The molecule has 1 aromatic carbocycles. The van der Waals surface area contributed by atoms with Gasteiger partial charge in [-0.05, 0) is 42.8 Å². The summed E-state index contributed by atoms with van der Waals surface area (Å²) in [6, 6.07) is 11.2. The van der Waals surface area contributed by atoms with Gasteiger partial charge in [-0.25, -0.2) is 0 Å². The Morgan fingerprint density at radius 2 is 1.76 bits per heavy atom. The quantitative estimate of drug-likeness (QED) is 0.662. The molecule has 0 aromatic heterocycles. The molecule has 4 nitrogen and oxygen atoms in total. The number of nitrogens with two attached hydrogens (primary N) is 1. The molecule has 21 heavy (non-hydrogen) atoms. The van der Waals surface area contributed by atoms with Crippen molar-refractivity contribution >= 4 is 11.8 Å². The van der Waals surface area contributed by atoms with Gasteiger partial charge in [0.2, 0.25) is 0 Å². The maximum absolute atomic E-state index is 8.93. The van der Waals surface area contributed by atoms with Gasteiger partial charge in [-0.1, -0.05) is 18.2 Å². The molecule has 1 aromatic rings. The van der Waals surface area contributed by atoms with E-state index in [9.17, 15) is 0 Å². The fourth-order valence-electron chi connectivity index (χ4n) is 1.82. The highest BCUT2D eigenvalue weighted by molar-refractivity contribution is 5.58. The van der Waals surface area contributed by atoms with Crippen LogP contribution in [0.25, 0.3) is 6.08 Å². The maximum Gasteiger partial charge on any atom is 0.137 e. The third-order valence-corrected chi connectivity index (χ3v) is 2.82. The number of anilines is 1. The van der Waals surface area contributed by atoms with Crippen LogP contribution in [0.5, 0.6) is 0 Å². The Bertz CT molecular complexity index is 735. The van der Waals surface area contributed by atoms with Crippen molar-refractivity contribution in [2.45, 2.75) is 6.92 Å². The number of benzene rings is 1. The number of allylic oxidation sites excluding steroid dienone is 6. The Labute approximate surface area is 123 Å². The molecular weight excluding hydrogens is 262 g/mol. The normalized spacial score (nSPS) is 13.8. The molecule has 1 aliphatic rings. The first-order chi connectivity index (χ1) is 10.1. The third-order valence-electron chi connectivity index (χ3n) is 2.82. The van der Waals surface area contributed by atoms with Crippen molar-refractivity contribution < 1.29 is 4.74 Å². The van der Waals surface area contributed by atoms with Gasteiger partial charge in [0.25, 0.3) is 0 Å². The van der Waals surface area contributed by atoms with Crippen molar-refractivity contribution in [1.82, 2.24) is 0 Å². The molecule has 0 saturated carbocycles. The van der Waals surface area contributed by atoms with Crippen molar-refractivity contribution in [2.24, 2.45) is 0 Å². The van der Waals surface area contributed by atoms with Gasteiger partial charge in [-0.3, -0.25) is 0 Å². The Hall–Kier alpha value is -3.24. The lowest BCUT2D eigenvalue weighted by Crippen LogP contribution is -1.97. The highest BCUT2D eigenvalue weighted by Crippen LogP contribution is 2.22. The molecule has 4 heteroatoms. The van der Waals surface area contributed by atoms with E-state index in [1.165, 1.54) is 0 Å². The highest BCUT2D eigenvalue weighted by atomic mass is 16.5. The number of hydrogen-bond donors (Lipinski definition) is 1. The molecule has 0 aliphatic carbocycles. The van der Waals surface area contributed by atoms with E-state index < -0.39 is 0 Å². The Balaban J connectivity index is 2.29. The minimum Gasteiger partial charge on any atom is -0.462 e. The van der Waals surface area contributed by atoms with Crippen molar-refractivity contribution in [2.75, 3.05) is 5.73 Å². The van der Waals surface area contributed by atoms with Crippen LogP contribution in [0.4, 0.5) is 5.69 Å². The van der Waals surface area contributed by atoms with E-state index >= 15 is 0 Å². The minimum atomic E-state index is 0.0658. The van der Waals surface area contributed by atoms with Crippen molar-refractivity contribution in [1.29, 1.82) is 10.5 Å². The summed E-state index contributed by atoms with van der Waals surface area (Å²) in [5.74, 6) is 1.21. The molecule has 2 N–H and O–H groups in total. The molecular formula is C17H13N3O. The molecule has 0 bridgehead atoms. The molecule has 0 fully saturated rings. The summed E-state index contributed by atoms with van der Waals surface area (Å²) in [4.78, 5) is 0. The van der Waals surface area contributed by atoms with E-state index in [1.807, 2.05) is 42.5 Å². The third kappa shape index (κ3) is 3.62. The average Bonchev–Trinajstić information content (AvgIpc) is 2.47. The summed E-state index contributed by atoms with van der Waals surface area (Å²) < 4.78 is 5.56. The zero-order valence-electron chi connectivity index (χ0n) is 11.5. The highest BCUT2D eigenvalue weighted by Gasteiger charge is 2.10. The number of hydrogen-bond acceptors (Lipinski definition) is 4. The summed E-state index contributed by atoms with van der Waals surface area (Å²) in [6.07, 6.45) is 7.00. The van der Waals surface area contributed by atoms with Gasteiger partial charge in [0.15, 0.2) is 0 Å². The fraction of sp³-hybridized carbons (Fsp3) is 0.0588. The van der Waals surface area contributed by atoms with Gasteiger partial charge in [0, 0.05) is 11.3 Å². The van der Waals surface area contributed by atoms with E-state index in [0.717, 1.165) is 5.56 Å². The van der Waals surface area contributed by atoms with Gasteiger partial charge in [-0.2, -0.15) is 10.5 Å². The summed E-state index contributed by atoms with van der Waals surface area (Å²) in [6.45, 7) is 1.77. The predicted octanol–water partition coefficient (Wildman–Crippen LogP) is 3.44. The second-order valence-corrected chi connectivity index (χ2v) is 4.46. The van der Waals surface area contributed by atoms with Crippen LogP contribution in [0.1, 0.15) is 12.5 Å². The monoisotopic (exact) mass is 275 g/mol. The van der Waals surface area contributed by atoms with Gasteiger partial charge >= 0.3 is 0 Å². The first-order valence-electron chi connectivity index (χ1n) is 6.28. The zero-order valence-corrected chi connectivity index (χ0v) is 11.5. The molecule has 1 aliphatic heterocycles. The lowest BCUT2D eigenvalue weighted by molar-refractivity contribution is 0.318. The first-order valence-corrected chi connectivity index (χ1v) is 6.28. The zero-order chi connectivity index (χ0) is 15.2. The van der Waals surface area contributed by atoms with Gasteiger partial charge in [-0.15, -0.1) is 0 Å². The van der Waals surface area contributed by atoms with Crippen molar-refractivity contribution in [3.05, 3.63) is 70.7 Å². The molecule has 102 valence electrons. The fourth-order valence-corrected chi connectivity index (χ4v) is 1.82. The number of nitriles is 2. The Morgan fingerprint density at radius 3 is 2.38 bits per heavy atom. The van der Waals surface area contributed by atoms with Crippen LogP contribution in [0.3, 0.4) is 0 Å². The van der Waals surface area contributed by atoms with Crippen LogP contribution in [-0.2, 0) is 4.74 Å². The maximum atomic E-state index is 8.93. The summed E-state index contributed by atoms with van der Waals surface area (Å²) in [7, 11) is 0. The largest absolute Gasteiger partial charge is 0.462 e. The SMILES string of the molecule is CC1=CC(=C(C#N)C#N)C=C(/C=C/c2ccc(N)cc2)O1. The molecule has 0 saturated heterocycles. The molecule has 0 atom stereocenters. The minimum absolute atomic E-state index is 0.0658. The average molecular weight is 275 g/mol. The number of nitrogens with zero attached hydrogens (tertiary/aromatic N) is 2. The second-order valence-electron chi connectivity index (χ2n) is 4.46. The van der Waals surface area contributed by atoms with Crippen LogP contribution in [0.15, 0.2) is 65.2 Å². The summed E-state index contributed by atoms with van der Waals surface area (Å²) >= 11 is 0. The predicted molar refractivity (Wildman–Crippen MR) is 81.1 cm³/mol. The summed E-state index contributed by atoms with van der Waals surface area (Å²) in [5.41, 5.74) is 7.94. The van der Waals surface area contributed by atoms with Gasteiger partial charge in [0.1, 0.15) is 29.2 Å². The molecule has 0 unspecified atom stereocenters. The number of rotatable bonds is 2. The standard InChI is InChI=1S/C17H13N3O/c1-12-8-14(15(10-18)11-19)9-17(21-12)7-4-13-2-5-16(20)6-3-13/h2-9H,20H2,1H3/b7-4+. The van der Waals surface area contributed by atoms with Crippen LogP contribution in [-0.4, -0.2) is 0 Å². The molecule has 1 heterocycles. The van der Waals surface area contributed by atoms with Crippen LogP contribution < -0.4 is 5.73 Å². The van der Waals surface area contributed by atoms with E-state index in [2.05, 4.69) is 0 Å². The van der Waals surface area contributed by atoms with Crippen molar-refractivity contribution in [3.8, 4) is 12.1 Å². The van der Waals surface area contributed by atoms with Crippen LogP contribution in [0.2, 0.25) is 0 Å². The molecule has 0 amide bonds. The molecule has 2 rings (SSSR count). The molecule has 0 radical (unpaired) electrons. The lowest BCUT2D eigenvalue weighted by Gasteiger charge is -2.13. The molecule has 0 spiro atoms. The van der Waals surface area contributed by atoms with Gasteiger partial charge in [0.05, 0.1) is 0 Å². The van der Waals surface area contributed by atoms with Gasteiger partial charge < -0.3 is 10.5 Å². The smallest absolute Gasteiger partial charge is 0.137 e. The Morgan fingerprint density at radius 1 is 1.10 bits per heavy atom. The van der Waals surface area contributed by atoms with E-state index in [1.54, 1.807) is 25.2 Å². The van der Waals surface area contributed by atoms with E-state index in [-0.39, 0.29) is 5.57 Å². The summed E-state index contributed by atoms with van der Waals surface area (Å²) in [5, 5.41) is 17.9. The van der Waals surface area contributed by atoms with E-state index in [0.29, 0.717) is 22.8 Å². The lowest BCUT2D eigenvalue weighted by atomic mass is 10.1. The number of nitrogen functional groups attached to an aromatic ring is 1. The number of ether oxygens (including phenoxy) is 1. The van der Waals surface area contributed by atoms with E-state index in [4.69, 9.17) is 21.0 Å². The first kappa shape index (κ1) is 14.2.